The molecule has 6 nitrogen and oxygen atoms in total. The highest BCUT2D eigenvalue weighted by molar-refractivity contribution is 5.72. The van der Waals surface area contributed by atoms with Crippen LogP contribution in [0.5, 0.6) is 5.75 Å². The van der Waals surface area contributed by atoms with Crippen molar-refractivity contribution >= 4 is 11.9 Å². The molecular formula is C35H52O6. The molecule has 0 aliphatic carbocycles. The van der Waals surface area contributed by atoms with E-state index in [1.807, 2.05) is 67.5 Å². The Bertz CT molecular complexity index is 1100. The van der Waals surface area contributed by atoms with Gasteiger partial charge in [0.25, 0.3) is 0 Å². The van der Waals surface area contributed by atoms with E-state index < -0.39 is 11.2 Å². The molecule has 0 amide bonds. The van der Waals surface area contributed by atoms with E-state index in [0.29, 0.717) is 19.6 Å². The number of hydrogen-bond acceptors (Lipinski definition) is 6. The van der Waals surface area contributed by atoms with Crippen LogP contribution < -0.4 is 4.74 Å². The molecule has 0 radical (unpaired) electrons. The quantitative estimate of drug-likeness (QED) is 0.151. The van der Waals surface area contributed by atoms with Gasteiger partial charge < -0.3 is 18.9 Å². The van der Waals surface area contributed by atoms with Crippen LogP contribution in [0.1, 0.15) is 105 Å². The second-order valence-electron chi connectivity index (χ2n) is 12.7. The third-order valence-corrected chi connectivity index (χ3v) is 8.05. The molecule has 41 heavy (non-hydrogen) atoms. The lowest BCUT2D eigenvalue weighted by atomic mass is 9.77. The Morgan fingerprint density at radius 2 is 1.17 bits per heavy atom. The molecule has 2 aromatic rings. The van der Waals surface area contributed by atoms with Gasteiger partial charge in [0.1, 0.15) is 18.0 Å². The summed E-state index contributed by atoms with van der Waals surface area (Å²) in [5.74, 6) is 0.265. The number of ether oxygens (including phenoxy) is 4. The van der Waals surface area contributed by atoms with Gasteiger partial charge in [0.2, 0.25) is 0 Å². The first-order valence-corrected chi connectivity index (χ1v) is 15.0. The van der Waals surface area contributed by atoms with Crippen molar-refractivity contribution in [2.45, 2.75) is 105 Å². The number of hydrogen-bond donors (Lipinski definition) is 0. The van der Waals surface area contributed by atoms with Crippen molar-refractivity contribution in [3.63, 3.8) is 0 Å². The Morgan fingerprint density at radius 1 is 0.683 bits per heavy atom. The van der Waals surface area contributed by atoms with Crippen LogP contribution in [-0.2, 0) is 34.8 Å². The van der Waals surface area contributed by atoms with Crippen molar-refractivity contribution in [1.82, 2.24) is 0 Å². The Hall–Kier alpha value is -2.86. The van der Waals surface area contributed by atoms with Gasteiger partial charge in [-0.2, -0.15) is 0 Å². The lowest BCUT2D eigenvalue weighted by Gasteiger charge is -2.29. The van der Waals surface area contributed by atoms with E-state index in [2.05, 4.69) is 50.2 Å². The van der Waals surface area contributed by atoms with Crippen LogP contribution in [0.25, 0.3) is 0 Å². The van der Waals surface area contributed by atoms with Crippen molar-refractivity contribution in [2.75, 3.05) is 19.8 Å². The van der Waals surface area contributed by atoms with Crippen molar-refractivity contribution in [3.8, 4) is 5.75 Å². The van der Waals surface area contributed by atoms with E-state index >= 15 is 0 Å². The molecule has 0 aliphatic heterocycles. The molecule has 0 heterocycles. The van der Waals surface area contributed by atoms with Crippen molar-refractivity contribution in [3.05, 3.63) is 65.2 Å². The van der Waals surface area contributed by atoms with Crippen LogP contribution in [0.4, 0.5) is 0 Å². The summed E-state index contributed by atoms with van der Waals surface area (Å²) in [5.41, 5.74) is 2.14. The van der Waals surface area contributed by atoms with Gasteiger partial charge in [0, 0.05) is 11.8 Å². The van der Waals surface area contributed by atoms with Gasteiger partial charge in [0.05, 0.1) is 30.7 Å². The van der Waals surface area contributed by atoms with Crippen LogP contribution in [0.15, 0.2) is 48.5 Å². The average molecular weight is 569 g/mol. The Morgan fingerprint density at radius 3 is 1.71 bits per heavy atom. The summed E-state index contributed by atoms with van der Waals surface area (Å²) in [4.78, 5) is 24.0. The van der Waals surface area contributed by atoms with Crippen molar-refractivity contribution in [1.29, 1.82) is 0 Å². The standard InChI is InChI=1S/C35H52O6/c1-11-25(3)31(36)39-23-24-40-35(9,10)29-15-13-27(14-16-29)34(7,8)28-17-19-30(20-18-28)38-22-21-33(5,6)41-32(37)26(4)12-2/h13-20,25-26H,11-12,21-24H2,1-10H3. The Kier molecular flexibility index (Phi) is 12.4. The number of rotatable bonds is 16. The van der Waals surface area contributed by atoms with Gasteiger partial charge >= 0.3 is 11.9 Å². The van der Waals surface area contributed by atoms with Gasteiger partial charge in [-0.05, 0) is 69.4 Å². The molecule has 228 valence electrons. The van der Waals surface area contributed by atoms with Crippen LogP contribution in [0.2, 0.25) is 0 Å². The highest BCUT2D eigenvalue weighted by atomic mass is 16.6. The van der Waals surface area contributed by atoms with E-state index in [1.165, 1.54) is 11.1 Å². The SMILES string of the molecule is CCC(C)C(=O)OCCOC(C)(C)c1ccc(C(C)(C)c2ccc(OCCC(C)(C)OC(=O)C(C)CC)cc2)cc1. The van der Waals surface area contributed by atoms with E-state index in [0.717, 1.165) is 24.2 Å². The summed E-state index contributed by atoms with van der Waals surface area (Å²) in [6.07, 6.45) is 2.14. The molecule has 2 rings (SSSR count). The first-order valence-electron chi connectivity index (χ1n) is 15.0. The van der Waals surface area contributed by atoms with E-state index in [4.69, 9.17) is 18.9 Å². The van der Waals surface area contributed by atoms with Crippen LogP contribution >= 0.6 is 0 Å². The van der Waals surface area contributed by atoms with Gasteiger partial charge in [0.15, 0.2) is 0 Å². The van der Waals surface area contributed by atoms with Crippen LogP contribution in [-0.4, -0.2) is 37.4 Å². The zero-order chi connectivity index (χ0) is 30.8. The van der Waals surface area contributed by atoms with E-state index in [1.54, 1.807) is 0 Å². The maximum Gasteiger partial charge on any atom is 0.309 e. The van der Waals surface area contributed by atoms with Crippen LogP contribution in [0.3, 0.4) is 0 Å². The monoisotopic (exact) mass is 568 g/mol. The number of esters is 2. The van der Waals surface area contributed by atoms with Crippen LogP contribution in [0, 0.1) is 11.8 Å². The average Bonchev–Trinajstić information content (AvgIpc) is 2.94. The Balaban J connectivity index is 1.94. The fraction of sp³-hybridized carbons (Fsp3) is 0.600. The molecule has 0 bridgehead atoms. The molecule has 0 spiro atoms. The highest BCUT2D eigenvalue weighted by Gasteiger charge is 2.27. The molecule has 6 heteroatoms. The summed E-state index contributed by atoms with van der Waals surface area (Å²) in [5, 5.41) is 0. The largest absolute Gasteiger partial charge is 0.493 e. The first kappa shape index (κ1) is 34.3. The lowest BCUT2D eigenvalue weighted by molar-refractivity contribution is -0.162. The molecule has 0 N–H and O–H groups in total. The summed E-state index contributed by atoms with van der Waals surface area (Å²) in [6, 6.07) is 16.7. The van der Waals surface area contributed by atoms with Gasteiger partial charge in [-0.3, -0.25) is 9.59 Å². The van der Waals surface area contributed by atoms with Gasteiger partial charge in [-0.15, -0.1) is 0 Å². The lowest BCUT2D eigenvalue weighted by Crippen LogP contribution is -2.32. The second-order valence-corrected chi connectivity index (χ2v) is 12.7. The predicted molar refractivity (Wildman–Crippen MR) is 164 cm³/mol. The number of carbonyl (C=O) groups excluding carboxylic acids is 2. The first-order chi connectivity index (χ1) is 19.1. The normalized spacial score (nSPS) is 13.8. The number of benzene rings is 2. The summed E-state index contributed by atoms with van der Waals surface area (Å²) >= 11 is 0. The smallest absolute Gasteiger partial charge is 0.309 e. The molecule has 0 fully saturated rings. The topological polar surface area (TPSA) is 71.1 Å². The zero-order valence-corrected chi connectivity index (χ0v) is 27.0. The maximum absolute atomic E-state index is 12.2. The Labute approximate surface area is 248 Å². The zero-order valence-electron chi connectivity index (χ0n) is 27.0. The van der Waals surface area contributed by atoms with Crippen molar-refractivity contribution in [2.24, 2.45) is 11.8 Å². The van der Waals surface area contributed by atoms with E-state index in [-0.39, 0.29) is 35.8 Å². The molecule has 0 aliphatic rings. The fourth-order valence-corrected chi connectivity index (χ4v) is 4.26. The molecule has 2 aromatic carbocycles. The van der Waals surface area contributed by atoms with Gasteiger partial charge in [-0.25, -0.2) is 0 Å². The third-order valence-electron chi connectivity index (χ3n) is 8.05. The maximum atomic E-state index is 12.2. The minimum atomic E-state index is -0.575. The fourth-order valence-electron chi connectivity index (χ4n) is 4.26. The van der Waals surface area contributed by atoms with Crippen molar-refractivity contribution < 1.29 is 28.5 Å². The minimum absolute atomic E-state index is 0.0904. The summed E-state index contributed by atoms with van der Waals surface area (Å²) in [7, 11) is 0. The molecule has 0 saturated carbocycles. The molecule has 0 saturated heterocycles. The second kappa shape index (κ2) is 14.9. The third kappa shape index (κ3) is 10.2. The molecule has 2 atom stereocenters. The number of carbonyl (C=O) groups is 2. The molecule has 0 aromatic heterocycles. The minimum Gasteiger partial charge on any atom is -0.493 e. The highest BCUT2D eigenvalue weighted by Crippen LogP contribution is 2.34. The van der Waals surface area contributed by atoms with Gasteiger partial charge in [-0.1, -0.05) is 77.9 Å². The predicted octanol–water partition coefficient (Wildman–Crippen LogP) is 7.99. The summed E-state index contributed by atoms with van der Waals surface area (Å²) < 4.78 is 23.0. The van der Waals surface area contributed by atoms with E-state index in [9.17, 15) is 9.59 Å². The molecular weight excluding hydrogens is 516 g/mol. The summed E-state index contributed by atoms with van der Waals surface area (Å²) in [6.45, 7) is 21.1. The molecule has 2 unspecified atom stereocenters.